The van der Waals surface area contributed by atoms with Crippen LogP contribution in [-0.2, 0) is 4.84 Å². The van der Waals surface area contributed by atoms with Crippen molar-refractivity contribution in [3.63, 3.8) is 0 Å². The van der Waals surface area contributed by atoms with Gasteiger partial charge in [-0.2, -0.15) is 0 Å². The molecule has 0 aromatic carbocycles. The fourth-order valence-electron chi connectivity index (χ4n) is 1.33. The second-order valence-electron chi connectivity index (χ2n) is 3.75. The fraction of sp³-hybridized carbons (Fsp3) is 0.385. The van der Waals surface area contributed by atoms with Crippen LogP contribution in [-0.4, -0.2) is 10.7 Å². The van der Waals surface area contributed by atoms with Gasteiger partial charge in [-0.05, 0) is 25.5 Å². The number of oxime groups is 1. The fourth-order valence-corrected chi connectivity index (χ4v) is 1.33. The molecule has 0 aliphatic rings. The quantitative estimate of drug-likeness (QED) is 0.431. The summed E-state index contributed by atoms with van der Waals surface area (Å²) in [6.45, 7) is 9.68. The van der Waals surface area contributed by atoms with Crippen LogP contribution in [0.2, 0.25) is 0 Å². The first-order valence-electron chi connectivity index (χ1n) is 5.46. The second-order valence-corrected chi connectivity index (χ2v) is 3.75. The first kappa shape index (κ1) is 12.4. The molecule has 0 aliphatic heterocycles. The molecule has 0 spiro atoms. The average molecular weight is 218 g/mol. The minimum Gasteiger partial charge on any atom is -0.365 e. The number of rotatable bonds is 5. The maximum Gasteiger partial charge on any atom is 0.114 e. The first-order valence-corrected chi connectivity index (χ1v) is 5.46. The Kier molecular flexibility index (Phi) is 4.70. The molecule has 1 heterocycles. The molecule has 0 saturated carbocycles. The monoisotopic (exact) mass is 218 g/mol. The molecule has 0 saturated heterocycles. The van der Waals surface area contributed by atoms with E-state index in [4.69, 9.17) is 4.84 Å². The summed E-state index contributed by atoms with van der Waals surface area (Å²) in [5.74, 6) is 0.337. The van der Waals surface area contributed by atoms with Gasteiger partial charge in [-0.1, -0.05) is 25.6 Å². The normalized spacial score (nSPS) is 13.3. The van der Waals surface area contributed by atoms with E-state index in [0.717, 1.165) is 23.4 Å². The van der Waals surface area contributed by atoms with E-state index < -0.39 is 0 Å². The van der Waals surface area contributed by atoms with Crippen LogP contribution in [0.5, 0.6) is 0 Å². The van der Waals surface area contributed by atoms with E-state index in [2.05, 4.69) is 30.6 Å². The predicted molar refractivity (Wildman–Crippen MR) is 66.2 cm³/mol. The molecule has 16 heavy (non-hydrogen) atoms. The van der Waals surface area contributed by atoms with Crippen molar-refractivity contribution < 1.29 is 4.84 Å². The highest BCUT2D eigenvalue weighted by Gasteiger charge is 2.12. The summed E-state index contributed by atoms with van der Waals surface area (Å²) < 4.78 is 0. The summed E-state index contributed by atoms with van der Waals surface area (Å²) in [7, 11) is 0. The topological polar surface area (TPSA) is 34.5 Å². The van der Waals surface area contributed by atoms with Gasteiger partial charge in [0.2, 0.25) is 0 Å². The van der Waals surface area contributed by atoms with Crippen LogP contribution in [0.1, 0.15) is 31.5 Å². The van der Waals surface area contributed by atoms with Crippen LogP contribution >= 0.6 is 0 Å². The van der Waals surface area contributed by atoms with E-state index in [1.165, 1.54) is 6.26 Å². The Hall–Kier alpha value is -1.64. The van der Waals surface area contributed by atoms with E-state index in [-0.39, 0.29) is 0 Å². The van der Waals surface area contributed by atoms with E-state index in [1.54, 1.807) is 0 Å². The van der Waals surface area contributed by atoms with Crippen molar-refractivity contribution in [2.24, 2.45) is 11.1 Å². The van der Waals surface area contributed by atoms with Crippen LogP contribution in [0.15, 0.2) is 36.3 Å². The van der Waals surface area contributed by atoms with Gasteiger partial charge in [-0.15, -0.1) is 0 Å². The third-order valence-corrected chi connectivity index (χ3v) is 2.51. The molecule has 86 valence electrons. The molecular weight excluding hydrogens is 200 g/mol. The highest BCUT2D eigenvalue weighted by Crippen LogP contribution is 2.13. The zero-order valence-electron chi connectivity index (χ0n) is 10.1. The van der Waals surface area contributed by atoms with Crippen LogP contribution < -0.4 is 0 Å². The Labute approximate surface area is 96.8 Å². The lowest BCUT2D eigenvalue weighted by molar-refractivity contribution is 0.267. The number of nitrogens with zero attached hydrogens (tertiary/aromatic N) is 2. The molecule has 1 unspecified atom stereocenters. The summed E-state index contributed by atoms with van der Waals surface area (Å²) in [6, 6.07) is 3.99. The van der Waals surface area contributed by atoms with Gasteiger partial charge in [0.15, 0.2) is 0 Å². The third kappa shape index (κ3) is 3.19. The molecule has 0 bridgehead atoms. The zero-order chi connectivity index (χ0) is 12.0. The summed E-state index contributed by atoms with van der Waals surface area (Å²) in [5, 5.41) is 4.07. The molecule has 1 aromatic heterocycles. The van der Waals surface area contributed by atoms with Gasteiger partial charge < -0.3 is 4.84 Å². The standard InChI is InChI=1S/C13H18N2O/c1-5-10(3)13(15-16-6-2)12-8-7-11(4)14-9-12/h6-10H,2,5H2,1,3-4H3/b15-13+. The number of hydrogen-bond donors (Lipinski definition) is 0. The predicted octanol–water partition coefficient (Wildman–Crippen LogP) is 3.30. The van der Waals surface area contributed by atoms with E-state index >= 15 is 0 Å². The van der Waals surface area contributed by atoms with Gasteiger partial charge in [-0.25, -0.2) is 0 Å². The lowest BCUT2D eigenvalue weighted by Crippen LogP contribution is -2.12. The Balaban J connectivity index is 3.00. The van der Waals surface area contributed by atoms with Crippen LogP contribution in [0.25, 0.3) is 0 Å². The van der Waals surface area contributed by atoms with Gasteiger partial charge >= 0.3 is 0 Å². The summed E-state index contributed by atoms with van der Waals surface area (Å²) in [6.07, 6.45) is 4.16. The molecule has 3 heteroatoms. The van der Waals surface area contributed by atoms with E-state index in [1.807, 2.05) is 25.3 Å². The van der Waals surface area contributed by atoms with Gasteiger partial charge in [0, 0.05) is 23.4 Å². The lowest BCUT2D eigenvalue weighted by Gasteiger charge is -2.11. The van der Waals surface area contributed by atoms with E-state index in [9.17, 15) is 0 Å². The zero-order valence-corrected chi connectivity index (χ0v) is 10.1. The van der Waals surface area contributed by atoms with Gasteiger partial charge in [0.25, 0.3) is 0 Å². The van der Waals surface area contributed by atoms with Crippen molar-refractivity contribution in [2.75, 3.05) is 0 Å². The Morgan fingerprint density at radius 2 is 2.38 bits per heavy atom. The highest BCUT2D eigenvalue weighted by atomic mass is 16.6. The van der Waals surface area contributed by atoms with Crippen LogP contribution in [0, 0.1) is 12.8 Å². The van der Waals surface area contributed by atoms with Crippen molar-refractivity contribution in [3.8, 4) is 0 Å². The minimum atomic E-state index is 0.337. The highest BCUT2D eigenvalue weighted by molar-refractivity contribution is 6.01. The van der Waals surface area contributed by atoms with Crippen molar-refractivity contribution >= 4 is 5.71 Å². The number of hydrogen-bond acceptors (Lipinski definition) is 3. The average Bonchev–Trinajstić information content (AvgIpc) is 2.31. The van der Waals surface area contributed by atoms with Crippen molar-refractivity contribution in [1.82, 2.24) is 4.98 Å². The molecule has 1 rings (SSSR count). The number of aromatic nitrogens is 1. The first-order chi connectivity index (χ1) is 7.69. The molecule has 0 N–H and O–H groups in total. The van der Waals surface area contributed by atoms with Crippen LogP contribution in [0.3, 0.4) is 0 Å². The summed E-state index contributed by atoms with van der Waals surface area (Å²) in [5.41, 5.74) is 2.91. The summed E-state index contributed by atoms with van der Waals surface area (Å²) >= 11 is 0. The molecule has 1 aromatic rings. The number of pyridine rings is 1. The maximum absolute atomic E-state index is 4.93. The molecule has 3 nitrogen and oxygen atoms in total. The third-order valence-electron chi connectivity index (χ3n) is 2.51. The second kappa shape index (κ2) is 6.05. The van der Waals surface area contributed by atoms with Crippen molar-refractivity contribution in [1.29, 1.82) is 0 Å². The van der Waals surface area contributed by atoms with Crippen molar-refractivity contribution in [3.05, 3.63) is 42.4 Å². The lowest BCUT2D eigenvalue weighted by atomic mass is 9.97. The molecular formula is C13H18N2O. The number of aryl methyl sites for hydroxylation is 1. The molecule has 1 atom stereocenters. The molecule has 0 radical (unpaired) electrons. The minimum absolute atomic E-state index is 0.337. The maximum atomic E-state index is 4.93. The summed E-state index contributed by atoms with van der Waals surface area (Å²) in [4.78, 5) is 9.19. The Morgan fingerprint density at radius 3 is 2.88 bits per heavy atom. The van der Waals surface area contributed by atoms with Gasteiger partial charge in [0.1, 0.15) is 6.26 Å². The molecule has 0 fully saturated rings. The SMILES string of the molecule is C=CO/N=C(/c1ccc(C)nc1)C(C)CC. The Bertz CT molecular complexity index is 368. The molecule has 0 amide bonds. The van der Waals surface area contributed by atoms with Crippen molar-refractivity contribution in [2.45, 2.75) is 27.2 Å². The largest absolute Gasteiger partial charge is 0.365 e. The van der Waals surface area contributed by atoms with E-state index in [0.29, 0.717) is 5.92 Å². The van der Waals surface area contributed by atoms with Gasteiger partial charge in [0.05, 0.1) is 5.71 Å². The Morgan fingerprint density at radius 1 is 1.62 bits per heavy atom. The van der Waals surface area contributed by atoms with Crippen LogP contribution in [0.4, 0.5) is 0 Å². The molecule has 0 aliphatic carbocycles. The van der Waals surface area contributed by atoms with Gasteiger partial charge in [-0.3, -0.25) is 4.98 Å². The smallest absolute Gasteiger partial charge is 0.114 e.